The summed E-state index contributed by atoms with van der Waals surface area (Å²) in [4.78, 5) is 55.5. The van der Waals surface area contributed by atoms with E-state index in [0.29, 0.717) is 5.56 Å². The molecule has 4 rings (SSSR count). The molecule has 0 radical (unpaired) electrons. The molecule has 11 nitrogen and oxygen atoms in total. The highest BCUT2D eigenvalue weighted by Gasteiger charge is 2.37. The van der Waals surface area contributed by atoms with E-state index in [9.17, 15) is 24.3 Å². The molecule has 1 aromatic carbocycles. The van der Waals surface area contributed by atoms with E-state index < -0.39 is 34.3 Å². The molecule has 0 saturated carbocycles. The maximum absolute atomic E-state index is 13.3. The lowest BCUT2D eigenvalue weighted by molar-refractivity contribution is 0.392. The highest BCUT2D eigenvalue weighted by molar-refractivity contribution is 6.30. The molecular weight excluding hydrogens is 454 g/mol. The van der Waals surface area contributed by atoms with Crippen molar-refractivity contribution in [3.8, 4) is 17.5 Å². The van der Waals surface area contributed by atoms with Crippen LogP contribution in [-0.4, -0.2) is 24.2 Å². The summed E-state index contributed by atoms with van der Waals surface area (Å²) in [5.41, 5.74) is -3.33. The van der Waals surface area contributed by atoms with Gasteiger partial charge in [-0.25, -0.2) is 9.59 Å². The third kappa shape index (κ3) is 3.73. The quantitative estimate of drug-likeness (QED) is 0.318. The number of nitrogens with zero attached hydrogens (tertiary/aromatic N) is 2. The van der Waals surface area contributed by atoms with E-state index >= 15 is 0 Å². The maximum atomic E-state index is 13.3. The summed E-state index contributed by atoms with van der Waals surface area (Å²) in [6.45, 7) is 6.88. The van der Waals surface area contributed by atoms with Crippen molar-refractivity contribution in [1.29, 1.82) is 0 Å². The van der Waals surface area contributed by atoms with Crippen LogP contribution in [0.1, 0.15) is 22.6 Å². The number of hydrogen-bond acceptors (Lipinski definition) is 7. The molecule has 0 saturated heterocycles. The Morgan fingerprint density at radius 3 is 2.33 bits per heavy atom. The van der Waals surface area contributed by atoms with Crippen LogP contribution in [0.3, 0.4) is 0 Å². The summed E-state index contributed by atoms with van der Waals surface area (Å²) in [6, 6.07) is 4.52. The normalized spacial score (nSPS) is 13.8. The van der Waals surface area contributed by atoms with Gasteiger partial charge in [-0.2, -0.15) is 0 Å². The van der Waals surface area contributed by atoms with Gasteiger partial charge in [0.25, 0.3) is 11.1 Å². The van der Waals surface area contributed by atoms with Gasteiger partial charge in [0, 0.05) is 23.7 Å². The Hall–Kier alpha value is -4.09. The average molecular weight is 474 g/mol. The number of halogens is 1. The fraction of sp³-hybridized carbons (Fsp3) is 0.143. The summed E-state index contributed by atoms with van der Waals surface area (Å²) < 4.78 is 7.51. The van der Waals surface area contributed by atoms with Crippen LogP contribution in [-0.2, 0) is 13.1 Å². The molecule has 0 fully saturated rings. The summed E-state index contributed by atoms with van der Waals surface area (Å²) in [5, 5.41) is 11.2. The van der Waals surface area contributed by atoms with Gasteiger partial charge in [0.05, 0.1) is 17.0 Å². The Bertz CT molecular complexity index is 1510. The molecule has 0 bridgehead atoms. The number of nitrogens with one attached hydrogen (secondary N) is 2. The number of ether oxygens (including phenoxy) is 1. The van der Waals surface area contributed by atoms with Gasteiger partial charge in [-0.15, -0.1) is 13.2 Å². The summed E-state index contributed by atoms with van der Waals surface area (Å²) in [5.74, 6) is -1.82. The zero-order valence-electron chi connectivity index (χ0n) is 17.3. The van der Waals surface area contributed by atoms with Crippen LogP contribution in [0, 0.1) is 0 Å². The molecule has 172 valence electrons. The minimum Gasteiger partial charge on any atom is -0.494 e. The van der Waals surface area contributed by atoms with Crippen molar-refractivity contribution < 1.29 is 9.84 Å². The highest BCUT2D eigenvalue weighted by Crippen LogP contribution is 2.46. The first-order chi connectivity index (χ1) is 15.3. The Kier molecular flexibility index (Phi) is 6.29. The van der Waals surface area contributed by atoms with E-state index in [4.69, 9.17) is 16.3 Å². The summed E-state index contributed by atoms with van der Waals surface area (Å²) in [6.07, 6.45) is 2.72. The van der Waals surface area contributed by atoms with Crippen molar-refractivity contribution in [3.05, 3.63) is 107 Å². The van der Waals surface area contributed by atoms with Crippen molar-refractivity contribution in [2.45, 2.75) is 19.0 Å². The number of benzene rings is 1. The third-order valence-electron chi connectivity index (χ3n) is 5.09. The zero-order chi connectivity index (χ0) is 23.2. The van der Waals surface area contributed by atoms with Crippen molar-refractivity contribution >= 4 is 11.6 Å². The van der Waals surface area contributed by atoms with Crippen LogP contribution in [0.2, 0.25) is 5.02 Å². The van der Waals surface area contributed by atoms with E-state index in [1.807, 2.05) is 0 Å². The second-order valence-electron chi connectivity index (χ2n) is 6.99. The van der Waals surface area contributed by atoms with Gasteiger partial charge in [0.2, 0.25) is 11.8 Å². The number of H-pyrrole nitrogens is 2. The number of aromatic amines is 2. The molecule has 33 heavy (non-hydrogen) atoms. The number of fused-ring (bicyclic) bond motifs is 2. The van der Waals surface area contributed by atoms with E-state index in [1.54, 1.807) is 0 Å². The van der Waals surface area contributed by atoms with Gasteiger partial charge in [0.15, 0.2) is 0 Å². The Morgan fingerprint density at radius 2 is 1.67 bits per heavy atom. The summed E-state index contributed by atoms with van der Waals surface area (Å²) in [7, 11) is 0. The first-order valence-electron chi connectivity index (χ1n) is 9.40. The monoisotopic (exact) mass is 473 g/mol. The zero-order valence-corrected chi connectivity index (χ0v) is 18.0. The van der Waals surface area contributed by atoms with Crippen molar-refractivity contribution in [2.24, 2.45) is 0 Å². The molecular formula is C21H20ClN5O6. The minimum absolute atomic E-state index is 0. The number of rotatable bonds is 5. The number of aromatic nitrogens is 4. The number of aromatic hydroxyl groups is 1. The second-order valence-corrected chi connectivity index (χ2v) is 7.43. The van der Waals surface area contributed by atoms with Gasteiger partial charge in [0.1, 0.15) is 5.75 Å². The molecule has 0 amide bonds. The topological polar surface area (TPSA) is 174 Å². The van der Waals surface area contributed by atoms with E-state index in [1.165, 1.54) is 30.4 Å². The lowest BCUT2D eigenvalue weighted by Crippen LogP contribution is -2.41. The number of hydrogen-bond donors (Lipinski definition) is 4. The van der Waals surface area contributed by atoms with Crippen LogP contribution < -0.4 is 33.4 Å². The van der Waals surface area contributed by atoms with Gasteiger partial charge in [-0.1, -0.05) is 23.8 Å². The van der Waals surface area contributed by atoms with Crippen LogP contribution in [0.25, 0.3) is 0 Å². The van der Waals surface area contributed by atoms with Crippen molar-refractivity contribution in [1.82, 2.24) is 25.3 Å². The first kappa shape index (κ1) is 23.6. The molecule has 1 atom stereocenters. The SMILES string of the molecule is C=CCn1c(O)c(C2c3cc(Cl)ccc3Oc3[nH]c(=O)n(CC=C)c(=O)c32)c(=O)[nH]c1=O.N. The molecule has 2 aromatic heterocycles. The van der Waals surface area contributed by atoms with Crippen LogP contribution in [0.4, 0.5) is 0 Å². The van der Waals surface area contributed by atoms with E-state index in [0.717, 1.165) is 9.13 Å². The molecule has 6 N–H and O–H groups in total. The van der Waals surface area contributed by atoms with Crippen LogP contribution in [0.5, 0.6) is 17.5 Å². The second kappa shape index (κ2) is 8.81. The van der Waals surface area contributed by atoms with E-state index in [-0.39, 0.29) is 47.0 Å². The standard InChI is InChI=1S/C21H17ClN4O6.H3N/c1-3-7-25-18(28)14(16(27)23-20(25)30)13-11-9-10(22)5-6-12(11)32-17-15(13)19(29)26(8-4-2)21(31)24-17;/h3-6,9,13,28H,1-2,7-8H2,(H,24,31)(H,23,27,30);1H3. The minimum atomic E-state index is -1.20. The lowest BCUT2D eigenvalue weighted by atomic mass is 9.84. The van der Waals surface area contributed by atoms with Gasteiger partial charge in [-0.3, -0.25) is 28.7 Å². The van der Waals surface area contributed by atoms with Gasteiger partial charge >= 0.3 is 11.4 Å². The largest absolute Gasteiger partial charge is 0.494 e. The molecule has 0 spiro atoms. The van der Waals surface area contributed by atoms with Crippen molar-refractivity contribution in [2.75, 3.05) is 0 Å². The molecule has 3 aromatic rings. The molecule has 1 aliphatic rings. The van der Waals surface area contributed by atoms with Crippen LogP contribution in [0.15, 0.2) is 62.7 Å². The van der Waals surface area contributed by atoms with E-state index in [2.05, 4.69) is 23.1 Å². The third-order valence-corrected chi connectivity index (χ3v) is 5.32. The Balaban J connectivity index is 0.00000306. The van der Waals surface area contributed by atoms with Crippen molar-refractivity contribution in [3.63, 3.8) is 0 Å². The lowest BCUT2D eigenvalue weighted by Gasteiger charge is -2.28. The molecule has 1 unspecified atom stereocenters. The Labute approximate surface area is 190 Å². The molecule has 3 heterocycles. The summed E-state index contributed by atoms with van der Waals surface area (Å²) >= 11 is 6.16. The van der Waals surface area contributed by atoms with Crippen LogP contribution >= 0.6 is 11.6 Å². The fourth-order valence-corrected chi connectivity index (χ4v) is 3.91. The number of allylic oxidation sites excluding steroid dienone is 2. The highest BCUT2D eigenvalue weighted by atomic mass is 35.5. The molecule has 0 aliphatic carbocycles. The average Bonchev–Trinajstić information content (AvgIpc) is 2.73. The van der Waals surface area contributed by atoms with Gasteiger partial charge < -0.3 is 16.0 Å². The maximum Gasteiger partial charge on any atom is 0.331 e. The fourth-order valence-electron chi connectivity index (χ4n) is 3.73. The predicted octanol–water partition coefficient (Wildman–Crippen LogP) is 1.57. The smallest absolute Gasteiger partial charge is 0.331 e. The Morgan fingerprint density at radius 1 is 1.03 bits per heavy atom. The first-order valence-corrected chi connectivity index (χ1v) is 9.78. The molecule has 1 aliphatic heterocycles. The van der Waals surface area contributed by atoms with Gasteiger partial charge in [-0.05, 0) is 18.2 Å². The molecule has 12 heteroatoms. The predicted molar refractivity (Wildman–Crippen MR) is 122 cm³/mol.